The standard InChI is InChI=1S/C20H25F3N4O2/c1-15-13-16(2)27(24-15)8-7-19(28)26-11-9-25(10-12-26)14-17-3-5-18(6-4-17)29-20(21,22)23/h3-6,13H,7-12,14H2,1-2H3. The van der Waals surface area contributed by atoms with Crippen molar-refractivity contribution in [3.8, 4) is 5.75 Å². The number of benzene rings is 1. The lowest BCUT2D eigenvalue weighted by atomic mass is 10.2. The highest BCUT2D eigenvalue weighted by atomic mass is 19.4. The van der Waals surface area contributed by atoms with Crippen molar-refractivity contribution < 1.29 is 22.7 Å². The third-order valence-corrected chi connectivity index (χ3v) is 4.93. The molecule has 0 bridgehead atoms. The Balaban J connectivity index is 1.43. The highest BCUT2D eigenvalue weighted by molar-refractivity contribution is 5.76. The van der Waals surface area contributed by atoms with E-state index in [0.29, 0.717) is 32.6 Å². The van der Waals surface area contributed by atoms with Crippen LogP contribution in [-0.2, 0) is 17.9 Å². The summed E-state index contributed by atoms with van der Waals surface area (Å²) >= 11 is 0. The van der Waals surface area contributed by atoms with E-state index in [1.807, 2.05) is 29.5 Å². The maximum Gasteiger partial charge on any atom is 0.573 e. The molecule has 0 saturated carbocycles. The third-order valence-electron chi connectivity index (χ3n) is 4.93. The highest BCUT2D eigenvalue weighted by Gasteiger charge is 2.31. The summed E-state index contributed by atoms with van der Waals surface area (Å²) in [4.78, 5) is 16.5. The molecule has 0 aliphatic carbocycles. The van der Waals surface area contributed by atoms with Crippen molar-refractivity contribution >= 4 is 5.91 Å². The van der Waals surface area contributed by atoms with Crippen LogP contribution < -0.4 is 4.74 Å². The lowest BCUT2D eigenvalue weighted by molar-refractivity contribution is -0.274. The molecule has 3 rings (SSSR count). The van der Waals surface area contributed by atoms with Gasteiger partial charge in [0, 0.05) is 51.4 Å². The Morgan fingerprint density at radius 2 is 1.76 bits per heavy atom. The van der Waals surface area contributed by atoms with Gasteiger partial charge in [-0.05, 0) is 37.6 Å². The molecule has 0 unspecified atom stereocenters. The molecule has 1 aliphatic heterocycles. The first kappa shape index (κ1) is 21.2. The Labute approximate surface area is 167 Å². The van der Waals surface area contributed by atoms with Crippen LogP contribution in [-0.4, -0.2) is 58.0 Å². The summed E-state index contributed by atoms with van der Waals surface area (Å²) in [6.45, 7) is 7.85. The number of aryl methyl sites for hydroxylation is 3. The van der Waals surface area contributed by atoms with Crippen molar-refractivity contribution in [2.75, 3.05) is 26.2 Å². The van der Waals surface area contributed by atoms with Crippen LogP contribution in [0.4, 0.5) is 13.2 Å². The van der Waals surface area contributed by atoms with Crippen LogP contribution in [0.25, 0.3) is 0 Å². The number of aromatic nitrogens is 2. The molecule has 1 fully saturated rings. The quantitative estimate of drug-likeness (QED) is 0.734. The van der Waals surface area contributed by atoms with Crippen LogP contribution in [0.1, 0.15) is 23.4 Å². The van der Waals surface area contributed by atoms with E-state index in [4.69, 9.17) is 0 Å². The van der Waals surface area contributed by atoms with Crippen molar-refractivity contribution in [1.29, 1.82) is 0 Å². The normalized spacial score (nSPS) is 15.6. The van der Waals surface area contributed by atoms with Crippen molar-refractivity contribution in [2.24, 2.45) is 0 Å². The first-order valence-electron chi connectivity index (χ1n) is 9.55. The third kappa shape index (κ3) is 6.22. The van der Waals surface area contributed by atoms with Crippen molar-refractivity contribution in [2.45, 2.75) is 39.7 Å². The van der Waals surface area contributed by atoms with Crippen LogP contribution >= 0.6 is 0 Å². The molecule has 2 aromatic rings. The number of alkyl halides is 3. The number of nitrogens with zero attached hydrogens (tertiary/aromatic N) is 4. The smallest absolute Gasteiger partial charge is 0.406 e. The second-order valence-electron chi connectivity index (χ2n) is 7.25. The zero-order valence-corrected chi connectivity index (χ0v) is 16.6. The van der Waals surface area contributed by atoms with E-state index in [-0.39, 0.29) is 11.7 Å². The lowest BCUT2D eigenvalue weighted by Crippen LogP contribution is -2.48. The average molecular weight is 410 g/mol. The molecule has 1 aromatic heterocycles. The summed E-state index contributed by atoms with van der Waals surface area (Å²) in [5.74, 6) is -0.106. The number of ether oxygens (including phenoxy) is 1. The lowest BCUT2D eigenvalue weighted by Gasteiger charge is -2.34. The van der Waals surface area contributed by atoms with E-state index in [1.54, 1.807) is 12.1 Å². The molecule has 29 heavy (non-hydrogen) atoms. The van der Waals surface area contributed by atoms with Gasteiger partial charge in [0.25, 0.3) is 0 Å². The number of hydrogen-bond acceptors (Lipinski definition) is 4. The van der Waals surface area contributed by atoms with Crippen LogP contribution in [0.2, 0.25) is 0 Å². The molecule has 1 aromatic carbocycles. The van der Waals surface area contributed by atoms with E-state index in [0.717, 1.165) is 30.0 Å². The fourth-order valence-corrected chi connectivity index (χ4v) is 3.47. The van der Waals surface area contributed by atoms with Crippen molar-refractivity contribution in [3.63, 3.8) is 0 Å². The highest BCUT2D eigenvalue weighted by Crippen LogP contribution is 2.23. The average Bonchev–Trinajstić information content (AvgIpc) is 2.98. The molecule has 0 radical (unpaired) electrons. The molecule has 2 heterocycles. The van der Waals surface area contributed by atoms with Crippen LogP contribution in [0.15, 0.2) is 30.3 Å². The minimum atomic E-state index is -4.68. The Bertz CT molecular complexity index is 825. The summed E-state index contributed by atoms with van der Waals surface area (Å²) in [6.07, 6.45) is -4.26. The molecule has 9 heteroatoms. The number of amides is 1. The number of piperazine rings is 1. The topological polar surface area (TPSA) is 50.6 Å². The minimum Gasteiger partial charge on any atom is -0.406 e. The zero-order chi connectivity index (χ0) is 21.0. The monoisotopic (exact) mass is 410 g/mol. The van der Waals surface area contributed by atoms with Gasteiger partial charge in [0.05, 0.1) is 5.69 Å². The maximum absolute atomic E-state index is 12.5. The van der Waals surface area contributed by atoms with E-state index >= 15 is 0 Å². The summed E-state index contributed by atoms with van der Waals surface area (Å²) < 4.78 is 42.4. The summed E-state index contributed by atoms with van der Waals surface area (Å²) in [5, 5.41) is 4.38. The fourth-order valence-electron chi connectivity index (χ4n) is 3.47. The van der Waals surface area contributed by atoms with Gasteiger partial charge in [0.15, 0.2) is 0 Å². The number of halogens is 3. The number of carbonyl (C=O) groups is 1. The molecule has 1 aliphatic rings. The summed E-state index contributed by atoms with van der Waals surface area (Å²) in [7, 11) is 0. The van der Waals surface area contributed by atoms with Gasteiger partial charge in [0.2, 0.25) is 5.91 Å². The van der Waals surface area contributed by atoms with Gasteiger partial charge in [-0.1, -0.05) is 12.1 Å². The van der Waals surface area contributed by atoms with Crippen LogP contribution in [0, 0.1) is 13.8 Å². The van der Waals surface area contributed by atoms with E-state index < -0.39 is 6.36 Å². The van der Waals surface area contributed by atoms with Crippen molar-refractivity contribution in [1.82, 2.24) is 19.6 Å². The Kier molecular flexibility index (Phi) is 6.46. The molecule has 0 N–H and O–H groups in total. The van der Waals surface area contributed by atoms with Gasteiger partial charge in [-0.2, -0.15) is 5.10 Å². The van der Waals surface area contributed by atoms with E-state index in [2.05, 4.69) is 14.7 Å². The summed E-state index contributed by atoms with van der Waals surface area (Å²) in [6, 6.07) is 7.90. The van der Waals surface area contributed by atoms with Gasteiger partial charge < -0.3 is 9.64 Å². The Morgan fingerprint density at radius 3 is 2.31 bits per heavy atom. The van der Waals surface area contributed by atoms with E-state index in [9.17, 15) is 18.0 Å². The Hall–Kier alpha value is -2.55. The summed E-state index contributed by atoms with van der Waals surface area (Å²) in [5.41, 5.74) is 2.90. The van der Waals surface area contributed by atoms with Gasteiger partial charge in [-0.25, -0.2) is 0 Å². The first-order chi connectivity index (χ1) is 13.7. The van der Waals surface area contributed by atoms with Crippen LogP contribution in [0.5, 0.6) is 5.75 Å². The predicted molar refractivity (Wildman–Crippen MR) is 101 cm³/mol. The first-order valence-corrected chi connectivity index (χ1v) is 9.55. The number of rotatable bonds is 6. The van der Waals surface area contributed by atoms with Gasteiger partial charge in [-0.3, -0.25) is 14.4 Å². The molecule has 1 saturated heterocycles. The van der Waals surface area contributed by atoms with Gasteiger partial charge in [-0.15, -0.1) is 13.2 Å². The number of carbonyl (C=O) groups excluding carboxylic acids is 1. The zero-order valence-electron chi connectivity index (χ0n) is 16.6. The molecule has 0 spiro atoms. The number of hydrogen-bond donors (Lipinski definition) is 0. The molecule has 0 atom stereocenters. The van der Waals surface area contributed by atoms with E-state index in [1.165, 1.54) is 12.1 Å². The predicted octanol–water partition coefficient (Wildman–Crippen LogP) is 3.13. The SMILES string of the molecule is Cc1cc(C)n(CCC(=O)N2CCN(Cc3ccc(OC(F)(F)F)cc3)CC2)n1. The molecular weight excluding hydrogens is 385 g/mol. The van der Waals surface area contributed by atoms with Crippen LogP contribution in [0.3, 0.4) is 0 Å². The maximum atomic E-state index is 12.5. The molecular formula is C20H25F3N4O2. The second-order valence-corrected chi connectivity index (χ2v) is 7.25. The largest absolute Gasteiger partial charge is 0.573 e. The molecule has 1 amide bonds. The fraction of sp³-hybridized carbons (Fsp3) is 0.500. The minimum absolute atomic E-state index is 0.117. The molecule has 158 valence electrons. The molecule has 6 nitrogen and oxygen atoms in total. The van der Waals surface area contributed by atoms with Crippen molar-refractivity contribution in [3.05, 3.63) is 47.3 Å². The second kappa shape index (κ2) is 8.86. The Morgan fingerprint density at radius 1 is 1.10 bits per heavy atom. The van der Waals surface area contributed by atoms with Gasteiger partial charge in [0.1, 0.15) is 5.75 Å². The van der Waals surface area contributed by atoms with Gasteiger partial charge >= 0.3 is 6.36 Å².